The number of pyridine rings is 1. The van der Waals surface area contributed by atoms with Crippen molar-refractivity contribution in [1.82, 2.24) is 9.88 Å². The maximum absolute atomic E-state index is 11.8. The van der Waals surface area contributed by atoms with Crippen LogP contribution in [0.1, 0.15) is 25.1 Å². The molecule has 3 nitrogen and oxygen atoms in total. The van der Waals surface area contributed by atoms with E-state index in [2.05, 4.69) is 20.9 Å². The van der Waals surface area contributed by atoms with Gasteiger partial charge >= 0.3 is 0 Å². The second-order valence-corrected chi connectivity index (χ2v) is 4.85. The van der Waals surface area contributed by atoms with E-state index in [4.69, 9.17) is 0 Å². The van der Waals surface area contributed by atoms with Gasteiger partial charge in [-0.2, -0.15) is 0 Å². The number of amides is 1. The van der Waals surface area contributed by atoms with Crippen molar-refractivity contribution < 1.29 is 4.79 Å². The van der Waals surface area contributed by atoms with E-state index in [9.17, 15) is 4.79 Å². The lowest BCUT2D eigenvalue weighted by molar-refractivity contribution is -0.129. The molecule has 1 saturated heterocycles. The molecule has 0 N–H and O–H groups in total. The summed E-state index contributed by atoms with van der Waals surface area (Å²) in [5.41, 5.74) is 0.964. The zero-order valence-electron chi connectivity index (χ0n) is 9.27. The van der Waals surface area contributed by atoms with Crippen LogP contribution in [0.25, 0.3) is 0 Å². The highest BCUT2D eigenvalue weighted by atomic mass is 79.9. The predicted molar refractivity (Wildman–Crippen MR) is 66.3 cm³/mol. The van der Waals surface area contributed by atoms with Crippen molar-refractivity contribution in [3.63, 3.8) is 0 Å². The fourth-order valence-electron chi connectivity index (χ4n) is 2.07. The highest BCUT2D eigenvalue weighted by Gasteiger charge is 2.32. The first-order valence-electron chi connectivity index (χ1n) is 5.48. The molecule has 2 rings (SSSR count). The number of alkyl halides is 1. The molecule has 0 radical (unpaired) electrons. The Bertz CT molecular complexity index is 369. The van der Waals surface area contributed by atoms with Crippen LogP contribution in [0.5, 0.6) is 0 Å². The van der Waals surface area contributed by atoms with Gasteiger partial charge in [-0.15, -0.1) is 0 Å². The molecule has 1 aromatic heterocycles. The van der Waals surface area contributed by atoms with E-state index in [1.54, 1.807) is 6.20 Å². The molecule has 0 spiro atoms. The standard InChI is InChI=1S/C12H15BrN2O/c1-9(11-4-2-3-5-14-11)15-8-10(7-13)6-12(15)16/h2-5,9-10H,6-8H2,1H3. The number of carbonyl (C=O) groups is 1. The second-order valence-electron chi connectivity index (χ2n) is 4.20. The Balaban J connectivity index is 2.11. The molecule has 1 aromatic rings. The van der Waals surface area contributed by atoms with E-state index in [1.165, 1.54) is 0 Å². The first-order chi connectivity index (χ1) is 7.72. The molecule has 16 heavy (non-hydrogen) atoms. The molecule has 2 heterocycles. The van der Waals surface area contributed by atoms with Crippen LogP contribution in [0.15, 0.2) is 24.4 Å². The van der Waals surface area contributed by atoms with Crippen LogP contribution in [-0.2, 0) is 4.79 Å². The maximum atomic E-state index is 11.8. The first-order valence-corrected chi connectivity index (χ1v) is 6.61. The summed E-state index contributed by atoms with van der Waals surface area (Å²) in [6.07, 6.45) is 2.43. The van der Waals surface area contributed by atoms with Crippen molar-refractivity contribution in [2.45, 2.75) is 19.4 Å². The van der Waals surface area contributed by atoms with Crippen LogP contribution in [-0.4, -0.2) is 27.7 Å². The van der Waals surface area contributed by atoms with Gasteiger partial charge in [0.15, 0.2) is 0 Å². The van der Waals surface area contributed by atoms with Crippen molar-refractivity contribution in [2.75, 3.05) is 11.9 Å². The summed E-state index contributed by atoms with van der Waals surface area (Å²) < 4.78 is 0. The number of nitrogens with zero attached hydrogens (tertiary/aromatic N) is 2. The molecule has 0 bridgehead atoms. The fourth-order valence-corrected chi connectivity index (χ4v) is 2.50. The van der Waals surface area contributed by atoms with Crippen LogP contribution in [0.4, 0.5) is 0 Å². The number of rotatable bonds is 3. The molecule has 2 unspecified atom stereocenters. The maximum Gasteiger partial charge on any atom is 0.223 e. The number of likely N-dealkylation sites (tertiary alicyclic amines) is 1. The van der Waals surface area contributed by atoms with E-state index in [0.29, 0.717) is 12.3 Å². The van der Waals surface area contributed by atoms with Crippen molar-refractivity contribution >= 4 is 21.8 Å². The second kappa shape index (κ2) is 4.95. The molecule has 0 aliphatic carbocycles. The molecular formula is C12H15BrN2O. The van der Waals surface area contributed by atoms with Gasteiger partial charge in [0.2, 0.25) is 5.91 Å². The lowest BCUT2D eigenvalue weighted by Gasteiger charge is -2.24. The third-order valence-corrected chi connectivity index (χ3v) is 3.96. The van der Waals surface area contributed by atoms with Gasteiger partial charge in [-0.3, -0.25) is 9.78 Å². The Morgan fingerprint density at radius 2 is 2.44 bits per heavy atom. The smallest absolute Gasteiger partial charge is 0.223 e. The summed E-state index contributed by atoms with van der Waals surface area (Å²) in [6, 6.07) is 5.90. The van der Waals surface area contributed by atoms with Crippen LogP contribution < -0.4 is 0 Å². The lowest BCUT2D eigenvalue weighted by Crippen LogP contribution is -2.29. The summed E-state index contributed by atoms with van der Waals surface area (Å²) in [5, 5.41) is 0.893. The quantitative estimate of drug-likeness (QED) is 0.798. The predicted octanol–water partition coefficient (Wildman–Crippen LogP) is 2.39. The van der Waals surface area contributed by atoms with Gasteiger partial charge in [-0.1, -0.05) is 22.0 Å². The topological polar surface area (TPSA) is 33.2 Å². The highest BCUT2D eigenvalue weighted by molar-refractivity contribution is 9.09. The zero-order chi connectivity index (χ0) is 11.5. The molecule has 0 aromatic carbocycles. The Labute approximate surface area is 104 Å². The Kier molecular flexibility index (Phi) is 3.59. The molecular weight excluding hydrogens is 268 g/mol. The average molecular weight is 283 g/mol. The van der Waals surface area contributed by atoms with E-state index in [1.807, 2.05) is 30.0 Å². The number of hydrogen-bond acceptors (Lipinski definition) is 2. The number of carbonyl (C=O) groups excluding carboxylic acids is 1. The minimum atomic E-state index is 0.0812. The van der Waals surface area contributed by atoms with Gasteiger partial charge in [-0.05, 0) is 25.0 Å². The van der Waals surface area contributed by atoms with Gasteiger partial charge in [0.25, 0.3) is 0 Å². The number of halogens is 1. The molecule has 1 aliphatic rings. The van der Waals surface area contributed by atoms with E-state index in [-0.39, 0.29) is 11.9 Å². The molecule has 86 valence electrons. The minimum absolute atomic E-state index is 0.0812. The molecule has 1 aliphatic heterocycles. The van der Waals surface area contributed by atoms with Crippen LogP contribution in [0.2, 0.25) is 0 Å². The Morgan fingerprint density at radius 1 is 1.62 bits per heavy atom. The summed E-state index contributed by atoms with van der Waals surface area (Å²) in [5.74, 6) is 0.682. The summed E-state index contributed by atoms with van der Waals surface area (Å²) in [7, 11) is 0. The summed E-state index contributed by atoms with van der Waals surface area (Å²) in [4.78, 5) is 18.1. The normalized spacial score (nSPS) is 22.5. The zero-order valence-corrected chi connectivity index (χ0v) is 10.9. The number of aromatic nitrogens is 1. The highest BCUT2D eigenvalue weighted by Crippen LogP contribution is 2.28. The van der Waals surface area contributed by atoms with E-state index in [0.717, 1.165) is 17.6 Å². The summed E-state index contributed by atoms with van der Waals surface area (Å²) >= 11 is 3.44. The Morgan fingerprint density at radius 3 is 3.00 bits per heavy atom. The molecule has 2 atom stereocenters. The third kappa shape index (κ3) is 2.26. The summed E-state index contributed by atoms with van der Waals surface area (Å²) in [6.45, 7) is 2.87. The number of hydrogen-bond donors (Lipinski definition) is 0. The molecule has 0 saturated carbocycles. The monoisotopic (exact) mass is 282 g/mol. The van der Waals surface area contributed by atoms with Gasteiger partial charge in [0.1, 0.15) is 0 Å². The van der Waals surface area contributed by atoms with Crippen molar-refractivity contribution in [3.05, 3.63) is 30.1 Å². The van der Waals surface area contributed by atoms with Crippen molar-refractivity contribution in [3.8, 4) is 0 Å². The molecule has 4 heteroatoms. The minimum Gasteiger partial charge on any atom is -0.334 e. The molecule has 1 amide bonds. The van der Waals surface area contributed by atoms with E-state index >= 15 is 0 Å². The first kappa shape index (κ1) is 11.6. The van der Waals surface area contributed by atoms with Crippen LogP contribution in [0, 0.1) is 5.92 Å². The van der Waals surface area contributed by atoms with Crippen molar-refractivity contribution in [2.24, 2.45) is 5.92 Å². The Hall–Kier alpha value is -0.900. The largest absolute Gasteiger partial charge is 0.334 e. The fraction of sp³-hybridized carbons (Fsp3) is 0.500. The van der Waals surface area contributed by atoms with Crippen LogP contribution >= 0.6 is 15.9 Å². The average Bonchev–Trinajstić information content (AvgIpc) is 2.71. The van der Waals surface area contributed by atoms with Gasteiger partial charge in [-0.25, -0.2) is 0 Å². The van der Waals surface area contributed by atoms with Crippen LogP contribution in [0.3, 0.4) is 0 Å². The lowest BCUT2D eigenvalue weighted by atomic mass is 10.1. The van der Waals surface area contributed by atoms with E-state index < -0.39 is 0 Å². The SMILES string of the molecule is CC(c1ccccn1)N1CC(CBr)CC1=O. The van der Waals surface area contributed by atoms with Gasteiger partial charge < -0.3 is 4.90 Å². The third-order valence-electron chi connectivity index (χ3n) is 3.04. The van der Waals surface area contributed by atoms with Crippen molar-refractivity contribution in [1.29, 1.82) is 0 Å². The van der Waals surface area contributed by atoms with Gasteiger partial charge in [0, 0.05) is 24.5 Å². The van der Waals surface area contributed by atoms with Gasteiger partial charge in [0.05, 0.1) is 11.7 Å². The molecule has 1 fully saturated rings.